The summed E-state index contributed by atoms with van der Waals surface area (Å²) in [7, 11) is 4.21. The molecule has 0 amide bonds. The molecule has 0 aliphatic heterocycles. The summed E-state index contributed by atoms with van der Waals surface area (Å²) in [5.41, 5.74) is 0. The number of aliphatic hydroxyl groups is 1. The Morgan fingerprint density at radius 2 is 1.50 bits per heavy atom. The highest BCUT2D eigenvalue weighted by Crippen LogP contribution is 2.07. The fourth-order valence-electron chi connectivity index (χ4n) is 1.66. The van der Waals surface area contributed by atoms with Crippen molar-refractivity contribution in [3.63, 3.8) is 0 Å². The predicted molar refractivity (Wildman–Crippen MR) is 82.2 cm³/mol. The lowest BCUT2D eigenvalue weighted by atomic mass is 10.1. The molecule has 1 N–H and O–H groups in total. The van der Waals surface area contributed by atoms with E-state index in [4.69, 9.17) is 5.11 Å². The highest BCUT2D eigenvalue weighted by Gasteiger charge is 2.08. The summed E-state index contributed by atoms with van der Waals surface area (Å²) in [6.45, 7) is 6.55. The summed E-state index contributed by atoms with van der Waals surface area (Å²) in [6.07, 6.45) is 8.34. The van der Waals surface area contributed by atoms with E-state index in [9.17, 15) is 9.90 Å². The van der Waals surface area contributed by atoms with E-state index < -0.39 is 5.97 Å². The lowest BCUT2D eigenvalue weighted by Crippen LogP contribution is -2.41. The molecule has 0 atom stereocenters. The number of aliphatic hydroxyl groups excluding tert-OH is 1. The third-order valence-corrected chi connectivity index (χ3v) is 3.55. The van der Waals surface area contributed by atoms with Crippen LogP contribution in [0.25, 0.3) is 0 Å². The van der Waals surface area contributed by atoms with Crippen molar-refractivity contribution in [3.8, 4) is 0 Å². The highest BCUT2D eigenvalue weighted by atomic mass is 16.4. The van der Waals surface area contributed by atoms with Crippen LogP contribution in [-0.2, 0) is 4.79 Å². The van der Waals surface area contributed by atoms with Gasteiger partial charge in [0.1, 0.15) is 6.54 Å². The van der Waals surface area contributed by atoms with Gasteiger partial charge in [0.2, 0.25) is 0 Å². The van der Waals surface area contributed by atoms with Crippen LogP contribution >= 0.6 is 0 Å². The third kappa shape index (κ3) is 19.7. The first-order valence-electron chi connectivity index (χ1n) is 8.02. The molecule has 0 aromatic heterocycles. The van der Waals surface area contributed by atoms with Crippen molar-refractivity contribution >= 4 is 5.97 Å². The number of carbonyl (C=O) groups excluding carboxylic acids is 1. The van der Waals surface area contributed by atoms with Gasteiger partial charge in [-0.3, -0.25) is 0 Å². The third-order valence-electron chi connectivity index (χ3n) is 3.55. The number of rotatable bonds is 11. The number of hydrogen-bond acceptors (Lipinski definition) is 3. The Labute approximate surface area is 125 Å². The highest BCUT2D eigenvalue weighted by molar-refractivity contribution is 5.63. The molecular weight excluding hydrogens is 254 g/mol. The number of likely N-dealkylation sites (N-methyl/N-ethyl adjacent to an activating group) is 1. The van der Waals surface area contributed by atoms with Crippen LogP contribution in [0, 0.1) is 0 Å². The van der Waals surface area contributed by atoms with Crippen LogP contribution in [0.4, 0.5) is 0 Å². The fourth-order valence-corrected chi connectivity index (χ4v) is 1.66. The van der Waals surface area contributed by atoms with Crippen molar-refractivity contribution in [2.45, 2.75) is 65.2 Å². The SMILES string of the molecule is CCCCCCCCCC(=O)[O-].CC[N+](C)(C)CCO. The van der Waals surface area contributed by atoms with Crippen LogP contribution in [0.1, 0.15) is 65.2 Å². The van der Waals surface area contributed by atoms with Gasteiger partial charge in [-0.1, -0.05) is 45.4 Å². The van der Waals surface area contributed by atoms with E-state index in [-0.39, 0.29) is 6.42 Å². The summed E-state index contributed by atoms with van der Waals surface area (Å²) >= 11 is 0. The summed E-state index contributed by atoms with van der Waals surface area (Å²) in [4.78, 5) is 10.0. The molecule has 20 heavy (non-hydrogen) atoms. The van der Waals surface area contributed by atoms with Gasteiger partial charge in [-0.25, -0.2) is 0 Å². The van der Waals surface area contributed by atoms with E-state index in [0.717, 1.165) is 30.4 Å². The summed E-state index contributed by atoms with van der Waals surface area (Å²) in [6, 6.07) is 0. The maximum Gasteiger partial charge on any atom is 0.102 e. The normalized spacial score (nSPS) is 10.8. The first-order chi connectivity index (χ1) is 9.39. The van der Waals surface area contributed by atoms with E-state index >= 15 is 0 Å². The first kappa shape index (κ1) is 21.7. The van der Waals surface area contributed by atoms with E-state index in [2.05, 4.69) is 27.9 Å². The second kappa shape index (κ2) is 14.8. The van der Waals surface area contributed by atoms with Crippen molar-refractivity contribution in [2.75, 3.05) is 33.8 Å². The number of carboxylic acid groups (broad SMARTS) is 1. The Kier molecular flexibility index (Phi) is 16.0. The number of carboxylic acids is 1. The maximum atomic E-state index is 10.0. The molecule has 0 aromatic rings. The molecule has 0 aliphatic carbocycles. The Morgan fingerprint density at radius 1 is 1.00 bits per heavy atom. The standard InChI is InChI=1S/C10H20O2.C6H16NO/c1-2-3-4-5-6-7-8-9-10(11)12;1-4-7(2,3)5-6-8/h2-9H2,1H3,(H,11,12);8H,4-6H2,1-3H3/q;+1/p-1. The van der Waals surface area contributed by atoms with Crippen molar-refractivity contribution in [3.05, 3.63) is 0 Å². The van der Waals surface area contributed by atoms with E-state index in [1.807, 2.05) is 0 Å². The molecule has 0 heterocycles. The zero-order valence-electron chi connectivity index (χ0n) is 14.0. The molecule has 0 saturated heterocycles. The minimum absolute atomic E-state index is 0.230. The number of aliphatic carboxylic acids is 1. The van der Waals surface area contributed by atoms with Crippen molar-refractivity contribution < 1.29 is 19.5 Å². The average molecular weight is 289 g/mol. The molecular formula is C16H35NO3. The second-order valence-electron chi connectivity index (χ2n) is 5.94. The van der Waals surface area contributed by atoms with Gasteiger partial charge in [0, 0.05) is 5.97 Å². The molecule has 0 radical (unpaired) electrons. The topological polar surface area (TPSA) is 60.4 Å². The van der Waals surface area contributed by atoms with Gasteiger partial charge >= 0.3 is 0 Å². The van der Waals surface area contributed by atoms with Crippen LogP contribution in [0.3, 0.4) is 0 Å². The molecule has 0 bridgehead atoms. The molecule has 0 aromatic carbocycles. The molecule has 122 valence electrons. The van der Waals surface area contributed by atoms with Gasteiger partial charge in [-0.15, -0.1) is 0 Å². The maximum absolute atomic E-state index is 10.0. The summed E-state index contributed by atoms with van der Waals surface area (Å²) < 4.78 is 0.913. The molecule has 0 fully saturated rings. The number of hydrogen-bond donors (Lipinski definition) is 1. The predicted octanol–water partition coefficient (Wildman–Crippen LogP) is 1.95. The Balaban J connectivity index is 0. The Bertz CT molecular complexity index is 218. The van der Waals surface area contributed by atoms with Crippen LogP contribution in [0.15, 0.2) is 0 Å². The first-order valence-corrected chi connectivity index (χ1v) is 8.02. The quantitative estimate of drug-likeness (QED) is 0.467. The Hall–Kier alpha value is -0.610. The zero-order valence-corrected chi connectivity index (χ0v) is 14.0. The number of unbranched alkanes of at least 4 members (excludes halogenated alkanes) is 6. The Morgan fingerprint density at radius 3 is 1.85 bits per heavy atom. The second-order valence-corrected chi connectivity index (χ2v) is 5.94. The van der Waals surface area contributed by atoms with Crippen LogP contribution in [0.2, 0.25) is 0 Å². The van der Waals surface area contributed by atoms with Crippen LogP contribution in [0.5, 0.6) is 0 Å². The van der Waals surface area contributed by atoms with Gasteiger partial charge in [-0.05, 0) is 19.8 Å². The number of quaternary nitrogens is 1. The molecule has 0 unspecified atom stereocenters. The smallest absolute Gasteiger partial charge is 0.102 e. The van der Waals surface area contributed by atoms with Gasteiger partial charge in [0.15, 0.2) is 0 Å². The molecule has 4 heteroatoms. The largest absolute Gasteiger partial charge is 0.550 e. The average Bonchev–Trinajstić information content (AvgIpc) is 2.38. The van der Waals surface area contributed by atoms with Gasteiger partial charge in [-0.2, -0.15) is 0 Å². The van der Waals surface area contributed by atoms with Crippen molar-refractivity contribution in [2.24, 2.45) is 0 Å². The number of nitrogens with zero attached hydrogens (tertiary/aromatic N) is 1. The monoisotopic (exact) mass is 289 g/mol. The lowest BCUT2D eigenvalue weighted by molar-refractivity contribution is -0.888. The molecule has 0 spiro atoms. The molecule has 0 saturated carbocycles. The van der Waals surface area contributed by atoms with E-state index in [0.29, 0.717) is 6.61 Å². The van der Waals surface area contributed by atoms with Crippen LogP contribution in [-0.4, -0.2) is 49.4 Å². The van der Waals surface area contributed by atoms with Gasteiger partial charge < -0.3 is 19.5 Å². The lowest BCUT2D eigenvalue weighted by Gasteiger charge is -2.26. The van der Waals surface area contributed by atoms with Crippen LogP contribution < -0.4 is 5.11 Å². The summed E-state index contributed by atoms with van der Waals surface area (Å²) in [5.74, 6) is -0.913. The number of carbonyl (C=O) groups is 1. The zero-order chi connectivity index (χ0) is 15.9. The summed E-state index contributed by atoms with van der Waals surface area (Å²) in [5, 5.41) is 18.5. The molecule has 0 aliphatic rings. The molecule has 0 rings (SSSR count). The van der Waals surface area contributed by atoms with E-state index in [1.54, 1.807) is 0 Å². The minimum Gasteiger partial charge on any atom is -0.550 e. The molecule has 4 nitrogen and oxygen atoms in total. The van der Waals surface area contributed by atoms with Crippen molar-refractivity contribution in [1.82, 2.24) is 0 Å². The van der Waals surface area contributed by atoms with Gasteiger partial charge in [0.05, 0.1) is 27.2 Å². The van der Waals surface area contributed by atoms with Gasteiger partial charge in [0.25, 0.3) is 0 Å². The van der Waals surface area contributed by atoms with Crippen molar-refractivity contribution in [1.29, 1.82) is 0 Å². The fraction of sp³-hybridized carbons (Fsp3) is 0.938. The van der Waals surface area contributed by atoms with E-state index in [1.165, 1.54) is 32.1 Å². The minimum atomic E-state index is -0.913.